The van der Waals surface area contributed by atoms with Gasteiger partial charge in [0.15, 0.2) is 5.78 Å². The SMILES string of the molecule is CC(=O)[C@H](O)[C@H](O)c1ccc(Cl)cc1. The monoisotopic (exact) mass is 214 g/mol. The number of carbonyl (C=O) groups is 1. The Morgan fingerprint density at radius 1 is 1.29 bits per heavy atom. The van der Waals surface area contributed by atoms with Crippen LogP contribution in [0.15, 0.2) is 24.3 Å². The van der Waals surface area contributed by atoms with E-state index in [4.69, 9.17) is 11.6 Å². The van der Waals surface area contributed by atoms with Gasteiger partial charge in [-0.15, -0.1) is 0 Å². The Labute approximate surface area is 86.9 Å². The van der Waals surface area contributed by atoms with Crippen LogP contribution < -0.4 is 0 Å². The van der Waals surface area contributed by atoms with Crippen molar-refractivity contribution >= 4 is 17.4 Å². The van der Waals surface area contributed by atoms with Gasteiger partial charge in [-0.25, -0.2) is 0 Å². The van der Waals surface area contributed by atoms with E-state index in [-0.39, 0.29) is 0 Å². The summed E-state index contributed by atoms with van der Waals surface area (Å²) in [6, 6.07) is 6.32. The molecular weight excluding hydrogens is 204 g/mol. The number of carbonyl (C=O) groups excluding carboxylic acids is 1. The van der Waals surface area contributed by atoms with E-state index in [9.17, 15) is 15.0 Å². The molecule has 0 bridgehead atoms. The smallest absolute Gasteiger partial charge is 0.161 e. The minimum atomic E-state index is -1.38. The van der Waals surface area contributed by atoms with Crippen LogP contribution in [-0.2, 0) is 4.79 Å². The van der Waals surface area contributed by atoms with E-state index >= 15 is 0 Å². The fraction of sp³-hybridized carbons (Fsp3) is 0.300. The predicted octanol–water partition coefficient (Wildman–Crippen LogP) is 1.32. The van der Waals surface area contributed by atoms with Crippen LogP contribution in [0.5, 0.6) is 0 Å². The quantitative estimate of drug-likeness (QED) is 0.798. The van der Waals surface area contributed by atoms with E-state index in [1.807, 2.05) is 0 Å². The molecule has 0 saturated heterocycles. The first-order chi connectivity index (χ1) is 6.52. The lowest BCUT2D eigenvalue weighted by Gasteiger charge is -2.15. The highest BCUT2D eigenvalue weighted by Gasteiger charge is 2.21. The third-order valence-electron chi connectivity index (χ3n) is 1.93. The molecule has 2 atom stereocenters. The number of ketones is 1. The first kappa shape index (κ1) is 11.2. The van der Waals surface area contributed by atoms with Gasteiger partial charge in [-0.3, -0.25) is 4.79 Å². The van der Waals surface area contributed by atoms with Gasteiger partial charge in [-0.1, -0.05) is 23.7 Å². The highest BCUT2D eigenvalue weighted by molar-refractivity contribution is 6.30. The Morgan fingerprint density at radius 2 is 1.79 bits per heavy atom. The summed E-state index contributed by atoms with van der Waals surface area (Å²) < 4.78 is 0. The van der Waals surface area contributed by atoms with Gasteiger partial charge in [-0.05, 0) is 24.6 Å². The average Bonchev–Trinajstić information content (AvgIpc) is 2.16. The van der Waals surface area contributed by atoms with Crippen LogP contribution in [0.4, 0.5) is 0 Å². The van der Waals surface area contributed by atoms with Crippen LogP contribution in [0, 0.1) is 0 Å². The van der Waals surface area contributed by atoms with E-state index in [2.05, 4.69) is 0 Å². The van der Waals surface area contributed by atoms with Crippen molar-refractivity contribution in [3.63, 3.8) is 0 Å². The highest BCUT2D eigenvalue weighted by Crippen LogP contribution is 2.19. The van der Waals surface area contributed by atoms with Crippen LogP contribution in [0.25, 0.3) is 0 Å². The first-order valence-electron chi connectivity index (χ1n) is 4.14. The molecule has 4 heteroatoms. The number of hydrogen-bond donors (Lipinski definition) is 2. The largest absolute Gasteiger partial charge is 0.385 e. The minimum Gasteiger partial charge on any atom is -0.385 e. The summed E-state index contributed by atoms with van der Waals surface area (Å²) in [5, 5.41) is 19.4. The Kier molecular flexibility index (Phi) is 3.63. The van der Waals surface area contributed by atoms with E-state index in [0.717, 1.165) is 0 Å². The molecule has 0 fully saturated rings. The van der Waals surface area contributed by atoms with Gasteiger partial charge >= 0.3 is 0 Å². The zero-order valence-corrected chi connectivity index (χ0v) is 8.40. The second-order valence-corrected chi connectivity index (χ2v) is 3.49. The molecule has 0 saturated carbocycles. The predicted molar refractivity (Wildman–Crippen MR) is 53.1 cm³/mol. The third kappa shape index (κ3) is 2.54. The number of rotatable bonds is 3. The Hall–Kier alpha value is -0.900. The summed E-state index contributed by atoms with van der Waals surface area (Å²) in [6.07, 6.45) is -2.57. The Balaban J connectivity index is 2.84. The van der Waals surface area contributed by atoms with Gasteiger partial charge in [0.05, 0.1) is 0 Å². The number of halogens is 1. The standard InChI is InChI=1S/C10H11ClO3/c1-6(12)9(13)10(14)7-2-4-8(11)5-3-7/h2-5,9-10,13-14H,1H3/t9-,10+/m0/s1. The van der Waals surface area contributed by atoms with Gasteiger partial charge in [0.1, 0.15) is 12.2 Å². The van der Waals surface area contributed by atoms with Crippen molar-refractivity contribution in [2.75, 3.05) is 0 Å². The van der Waals surface area contributed by atoms with E-state index < -0.39 is 18.0 Å². The molecule has 0 amide bonds. The first-order valence-corrected chi connectivity index (χ1v) is 4.52. The molecule has 0 unspecified atom stereocenters. The van der Waals surface area contributed by atoms with E-state index in [1.54, 1.807) is 24.3 Å². The Bertz CT molecular complexity index is 321. The van der Waals surface area contributed by atoms with Crippen LogP contribution in [0.2, 0.25) is 5.02 Å². The van der Waals surface area contributed by atoms with Gasteiger partial charge in [0.2, 0.25) is 0 Å². The van der Waals surface area contributed by atoms with Crippen molar-refractivity contribution in [3.05, 3.63) is 34.9 Å². The molecule has 1 rings (SSSR count). The number of benzene rings is 1. The maximum absolute atomic E-state index is 10.8. The molecular formula is C10H11ClO3. The molecule has 0 heterocycles. The summed E-state index contributed by atoms with van der Waals surface area (Å²) in [5.74, 6) is -0.465. The van der Waals surface area contributed by atoms with E-state index in [1.165, 1.54) is 6.92 Å². The van der Waals surface area contributed by atoms with Crippen molar-refractivity contribution in [3.8, 4) is 0 Å². The molecule has 76 valence electrons. The molecule has 0 aliphatic heterocycles. The van der Waals surface area contributed by atoms with Crippen LogP contribution in [0.1, 0.15) is 18.6 Å². The van der Waals surface area contributed by atoms with Crippen molar-refractivity contribution in [2.24, 2.45) is 0 Å². The lowest BCUT2D eigenvalue weighted by Crippen LogP contribution is -2.25. The van der Waals surface area contributed by atoms with Gasteiger partial charge in [0.25, 0.3) is 0 Å². The zero-order valence-electron chi connectivity index (χ0n) is 7.64. The molecule has 0 aliphatic rings. The number of hydrogen-bond acceptors (Lipinski definition) is 3. The number of Topliss-reactive ketones (excluding diaryl/α,β-unsaturated/α-hetero) is 1. The van der Waals surface area contributed by atoms with Crippen LogP contribution in [-0.4, -0.2) is 22.1 Å². The maximum Gasteiger partial charge on any atom is 0.161 e. The van der Waals surface area contributed by atoms with Crippen molar-refractivity contribution in [1.29, 1.82) is 0 Å². The summed E-state index contributed by atoms with van der Waals surface area (Å²) in [5.41, 5.74) is 0.470. The fourth-order valence-corrected chi connectivity index (χ4v) is 1.19. The van der Waals surface area contributed by atoms with Crippen molar-refractivity contribution in [2.45, 2.75) is 19.1 Å². The lowest BCUT2D eigenvalue weighted by atomic mass is 10.0. The molecule has 3 nitrogen and oxygen atoms in total. The number of aliphatic hydroxyl groups excluding tert-OH is 2. The third-order valence-corrected chi connectivity index (χ3v) is 2.18. The summed E-state index contributed by atoms with van der Waals surface area (Å²) in [4.78, 5) is 10.8. The van der Waals surface area contributed by atoms with Crippen molar-refractivity contribution in [1.82, 2.24) is 0 Å². The van der Waals surface area contributed by atoms with Crippen molar-refractivity contribution < 1.29 is 15.0 Å². The molecule has 14 heavy (non-hydrogen) atoms. The summed E-state index contributed by atoms with van der Waals surface area (Å²) in [6.45, 7) is 1.23. The fourth-order valence-electron chi connectivity index (χ4n) is 1.06. The van der Waals surface area contributed by atoms with Gasteiger partial charge in [0, 0.05) is 5.02 Å². The second kappa shape index (κ2) is 4.55. The summed E-state index contributed by atoms with van der Waals surface area (Å²) >= 11 is 5.65. The molecule has 1 aromatic rings. The second-order valence-electron chi connectivity index (χ2n) is 3.05. The van der Waals surface area contributed by atoms with Crippen LogP contribution >= 0.6 is 11.6 Å². The van der Waals surface area contributed by atoms with E-state index in [0.29, 0.717) is 10.6 Å². The van der Waals surface area contributed by atoms with Gasteiger partial charge in [-0.2, -0.15) is 0 Å². The molecule has 0 aliphatic carbocycles. The molecule has 0 spiro atoms. The summed E-state index contributed by atoms with van der Waals surface area (Å²) in [7, 11) is 0. The Morgan fingerprint density at radius 3 is 2.21 bits per heavy atom. The molecule has 2 N–H and O–H groups in total. The molecule has 0 aromatic heterocycles. The van der Waals surface area contributed by atoms with Gasteiger partial charge < -0.3 is 10.2 Å². The lowest BCUT2D eigenvalue weighted by molar-refractivity contribution is -0.130. The topological polar surface area (TPSA) is 57.5 Å². The highest BCUT2D eigenvalue weighted by atomic mass is 35.5. The zero-order chi connectivity index (χ0) is 10.7. The maximum atomic E-state index is 10.8. The molecule has 1 aromatic carbocycles. The normalized spacial score (nSPS) is 14.9. The molecule has 0 radical (unpaired) electrons. The van der Waals surface area contributed by atoms with Crippen LogP contribution in [0.3, 0.4) is 0 Å². The minimum absolute atomic E-state index is 0.465. The average molecular weight is 215 g/mol. The number of aliphatic hydroxyl groups is 2.